The highest BCUT2D eigenvalue weighted by Crippen LogP contribution is 2.28. The Morgan fingerprint density at radius 3 is 2.65 bits per heavy atom. The predicted octanol–water partition coefficient (Wildman–Crippen LogP) is 1.31. The highest BCUT2D eigenvalue weighted by Gasteiger charge is 2.20. The van der Waals surface area contributed by atoms with Crippen LogP contribution in [0, 0.1) is 0 Å². The summed E-state index contributed by atoms with van der Waals surface area (Å²) >= 11 is 0. The second kappa shape index (κ2) is 5.23. The second-order valence-electron chi connectivity index (χ2n) is 4.55. The van der Waals surface area contributed by atoms with Gasteiger partial charge in [0.2, 0.25) is 0 Å². The van der Waals surface area contributed by atoms with Gasteiger partial charge in [-0.05, 0) is 24.8 Å². The molecule has 4 nitrogen and oxygen atoms in total. The van der Waals surface area contributed by atoms with E-state index < -0.39 is 9.84 Å². The molecule has 0 aromatic heterocycles. The highest BCUT2D eigenvalue weighted by atomic mass is 32.2. The number of rotatable bonds is 3. The van der Waals surface area contributed by atoms with Gasteiger partial charge in [-0.1, -0.05) is 6.08 Å². The molecule has 96 valence electrons. The van der Waals surface area contributed by atoms with E-state index in [0.717, 1.165) is 38.0 Å². The minimum atomic E-state index is -3.10. The molecule has 2 rings (SSSR count). The molecule has 0 N–H and O–H groups in total. The molecule has 0 radical (unpaired) electrons. The third-order valence-corrected chi connectivity index (χ3v) is 3.70. The van der Waals surface area contributed by atoms with Crippen molar-refractivity contribution < 1.29 is 13.2 Å². The Labute approximate surface area is 103 Å². The first-order valence-electron chi connectivity index (χ1n) is 6.00. The van der Waals surface area contributed by atoms with Crippen LogP contribution in [0.25, 0.3) is 0 Å². The van der Waals surface area contributed by atoms with E-state index in [1.807, 2.05) is 0 Å². The number of morpholine rings is 1. The van der Waals surface area contributed by atoms with E-state index in [2.05, 4.69) is 11.0 Å². The van der Waals surface area contributed by atoms with Gasteiger partial charge in [-0.15, -0.1) is 0 Å². The van der Waals surface area contributed by atoms with E-state index in [-0.39, 0.29) is 0 Å². The molecule has 0 aromatic carbocycles. The molecule has 0 aromatic rings. The molecule has 1 saturated heterocycles. The average molecular weight is 257 g/mol. The summed E-state index contributed by atoms with van der Waals surface area (Å²) in [6.07, 6.45) is 6.58. The summed E-state index contributed by atoms with van der Waals surface area (Å²) in [5.41, 5.74) is 2.06. The van der Waals surface area contributed by atoms with Crippen LogP contribution in [-0.4, -0.2) is 45.9 Å². The molecule has 1 aliphatic carbocycles. The van der Waals surface area contributed by atoms with Crippen molar-refractivity contribution >= 4 is 9.84 Å². The highest BCUT2D eigenvalue weighted by molar-refractivity contribution is 7.93. The number of sulfone groups is 1. The van der Waals surface area contributed by atoms with Crippen LogP contribution in [0.5, 0.6) is 0 Å². The molecule has 0 bridgehead atoms. The van der Waals surface area contributed by atoms with E-state index in [1.54, 1.807) is 0 Å². The van der Waals surface area contributed by atoms with E-state index in [0.29, 0.717) is 13.2 Å². The fraction of sp³-hybridized carbons (Fsp3) is 0.667. The molecular weight excluding hydrogens is 238 g/mol. The number of hydrogen-bond acceptors (Lipinski definition) is 4. The topological polar surface area (TPSA) is 46.6 Å². The van der Waals surface area contributed by atoms with Crippen LogP contribution >= 0.6 is 0 Å². The summed E-state index contributed by atoms with van der Waals surface area (Å²) in [6.45, 7) is 2.90. The summed E-state index contributed by atoms with van der Waals surface area (Å²) in [6, 6.07) is 0. The van der Waals surface area contributed by atoms with Gasteiger partial charge in [0.05, 0.1) is 24.3 Å². The Morgan fingerprint density at radius 2 is 2.12 bits per heavy atom. The van der Waals surface area contributed by atoms with Crippen LogP contribution in [0.15, 0.2) is 22.8 Å². The summed E-state index contributed by atoms with van der Waals surface area (Å²) in [7, 11) is -3.10. The van der Waals surface area contributed by atoms with Crippen molar-refractivity contribution in [2.45, 2.75) is 19.3 Å². The zero-order valence-electron chi connectivity index (χ0n) is 10.2. The van der Waals surface area contributed by atoms with Crippen LogP contribution in [0.2, 0.25) is 0 Å². The third kappa shape index (κ3) is 3.57. The number of nitrogens with zero attached hydrogens (tertiary/aromatic N) is 1. The second-order valence-corrected chi connectivity index (χ2v) is 6.45. The number of ether oxygens (including phenoxy) is 1. The van der Waals surface area contributed by atoms with Crippen LogP contribution in [0.3, 0.4) is 0 Å². The van der Waals surface area contributed by atoms with Gasteiger partial charge in [0.15, 0.2) is 9.84 Å². The Bertz CT molecular complexity index is 431. The molecule has 0 spiro atoms. The van der Waals surface area contributed by atoms with Crippen molar-refractivity contribution in [1.82, 2.24) is 4.90 Å². The zero-order valence-corrected chi connectivity index (χ0v) is 11.0. The molecule has 0 atom stereocenters. The van der Waals surface area contributed by atoms with Gasteiger partial charge < -0.3 is 9.64 Å². The number of allylic oxidation sites excluding steroid dienone is 2. The van der Waals surface area contributed by atoms with Crippen molar-refractivity contribution in [3.63, 3.8) is 0 Å². The number of hydrogen-bond donors (Lipinski definition) is 0. The van der Waals surface area contributed by atoms with E-state index >= 15 is 0 Å². The maximum absolute atomic E-state index is 11.5. The molecule has 1 aliphatic heterocycles. The smallest absolute Gasteiger partial charge is 0.170 e. The van der Waals surface area contributed by atoms with Gasteiger partial charge in [-0.25, -0.2) is 8.42 Å². The first-order valence-corrected chi connectivity index (χ1v) is 7.95. The lowest BCUT2D eigenvalue weighted by molar-refractivity contribution is 0.0547. The van der Waals surface area contributed by atoms with Gasteiger partial charge >= 0.3 is 0 Å². The zero-order chi connectivity index (χ0) is 12.3. The van der Waals surface area contributed by atoms with E-state index in [1.165, 1.54) is 17.2 Å². The van der Waals surface area contributed by atoms with Crippen molar-refractivity contribution in [2.24, 2.45) is 0 Å². The normalized spacial score (nSPS) is 22.8. The molecule has 5 heteroatoms. The minimum Gasteiger partial charge on any atom is -0.378 e. The first kappa shape index (κ1) is 12.6. The third-order valence-electron chi connectivity index (χ3n) is 3.05. The van der Waals surface area contributed by atoms with Gasteiger partial charge in [0.1, 0.15) is 0 Å². The Balaban J connectivity index is 2.26. The van der Waals surface area contributed by atoms with Crippen LogP contribution in [0.4, 0.5) is 0 Å². The van der Waals surface area contributed by atoms with Crippen molar-refractivity contribution in [3.05, 3.63) is 22.8 Å². The largest absolute Gasteiger partial charge is 0.378 e. The van der Waals surface area contributed by atoms with Gasteiger partial charge in [-0.2, -0.15) is 0 Å². The molecule has 0 saturated carbocycles. The summed E-state index contributed by atoms with van der Waals surface area (Å²) < 4.78 is 28.3. The fourth-order valence-corrected chi connectivity index (χ4v) is 2.97. The molecular formula is C12H19NO3S. The van der Waals surface area contributed by atoms with Crippen molar-refractivity contribution in [3.8, 4) is 0 Å². The van der Waals surface area contributed by atoms with Crippen molar-refractivity contribution in [1.29, 1.82) is 0 Å². The van der Waals surface area contributed by atoms with Crippen molar-refractivity contribution in [2.75, 3.05) is 32.6 Å². The van der Waals surface area contributed by atoms with Gasteiger partial charge in [0.25, 0.3) is 0 Å². The Morgan fingerprint density at radius 1 is 1.41 bits per heavy atom. The van der Waals surface area contributed by atoms with Crippen LogP contribution in [-0.2, 0) is 14.6 Å². The standard InChI is InChI=1S/C12H19NO3S/c1-17(14,15)10-12(11-4-2-3-5-11)13-6-8-16-9-7-13/h4,10H,2-3,5-9H2,1H3. The SMILES string of the molecule is CS(=O)(=O)C=C(C1=CCCC1)N1CCOCC1. The monoisotopic (exact) mass is 257 g/mol. The Kier molecular flexibility index (Phi) is 3.89. The summed E-state index contributed by atoms with van der Waals surface area (Å²) in [5, 5.41) is 1.41. The maximum Gasteiger partial charge on any atom is 0.170 e. The predicted molar refractivity (Wildman–Crippen MR) is 67.3 cm³/mol. The molecule has 17 heavy (non-hydrogen) atoms. The Hall–Kier alpha value is -0.810. The molecule has 1 heterocycles. The summed E-state index contributed by atoms with van der Waals surface area (Å²) in [4.78, 5) is 2.13. The summed E-state index contributed by atoms with van der Waals surface area (Å²) in [5.74, 6) is 0. The van der Waals surface area contributed by atoms with Gasteiger partial charge in [0, 0.05) is 19.3 Å². The molecule has 2 aliphatic rings. The van der Waals surface area contributed by atoms with Crippen LogP contribution in [0.1, 0.15) is 19.3 Å². The molecule has 0 unspecified atom stereocenters. The minimum absolute atomic E-state index is 0.675. The lowest BCUT2D eigenvalue weighted by atomic mass is 10.1. The average Bonchev–Trinajstić information content (AvgIpc) is 2.79. The first-order chi connectivity index (χ1) is 8.06. The molecule has 0 amide bonds. The lowest BCUT2D eigenvalue weighted by Crippen LogP contribution is -2.36. The maximum atomic E-state index is 11.5. The van der Waals surface area contributed by atoms with E-state index in [4.69, 9.17) is 4.74 Å². The van der Waals surface area contributed by atoms with Gasteiger partial charge in [-0.3, -0.25) is 0 Å². The van der Waals surface area contributed by atoms with E-state index in [9.17, 15) is 8.42 Å². The van der Waals surface area contributed by atoms with Crippen LogP contribution < -0.4 is 0 Å². The quantitative estimate of drug-likeness (QED) is 0.765. The fourth-order valence-electron chi connectivity index (χ4n) is 2.26. The lowest BCUT2D eigenvalue weighted by Gasteiger charge is -2.31. The molecule has 1 fully saturated rings.